The van der Waals surface area contributed by atoms with Crippen molar-refractivity contribution in [2.24, 2.45) is 7.05 Å². The highest BCUT2D eigenvalue weighted by molar-refractivity contribution is 7.16. The molecule has 1 fully saturated rings. The highest BCUT2D eigenvalue weighted by Gasteiger charge is 2.29. The van der Waals surface area contributed by atoms with Gasteiger partial charge in [-0.3, -0.25) is 19.2 Å². The molecule has 0 unspecified atom stereocenters. The fourth-order valence-electron chi connectivity index (χ4n) is 4.21. The zero-order valence-electron chi connectivity index (χ0n) is 16.5. The third kappa shape index (κ3) is 4.12. The summed E-state index contributed by atoms with van der Waals surface area (Å²) in [4.78, 5) is 27.6. The Kier molecular flexibility index (Phi) is 5.50. The molecule has 1 saturated carbocycles. The number of hydrogen-bond donors (Lipinski definition) is 2. The fraction of sp³-hybridized carbons (Fsp3) is 0.550. The molecule has 150 valence electrons. The Morgan fingerprint density at radius 3 is 2.82 bits per heavy atom. The van der Waals surface area contributed by atoms with E-state index in [0.29, 0.717) is 11.7 Å². The van der Waals surface area contributed by atoms with Gasteiger partial charge in [-0.15, -0.1) is 11.3 Å². The van der Waals surface area contributed by atoms with E-state index in [-0.39, 0.29) is 11.8 Å². The molecule has 3 heterocycles. The van der Waals surface area contributed by atoms with Crippen molar-refractivity contribution in [3.8, 4) is 0 Å². The van der Waals surface area contributed by atoms with Crippen molar-refractivity contribution in [2.75, 3.05) is 11.9 Å². The Balaban J connectivity index is 1.45. The molecule has 0 radical (unpaired) electrons. The van der Waals surface area contributed by atoms with E-state index in [1.54, 1.807) is 11.3 Å². The molecule has 2 aromatic heterocycles. The van der Waals surface area contributed by atoms with Crippen LogP contribution in [-0.4, -0.2) is 39.1 Å². The van der Waals surface area contributed by atoms with Gasteiger partial charge in [-0.05, 0) is 25.0 Å². The highest BCUT2D eigenvalue weighted by atomic mass is 32.1. The minimum atomic E-state index is -0.0516. The van der Waals surface area contributed by atoms with E-state index in [1.165, 1.54) is 24.6 Å². The van der Waals surface area contributed by atoms with E-state index >= 15 is 0 Å². The van der Waals surface area contributed by atoms with Gasteiger partial charge in [0.25, 0.3) is 5.91 Å². The summed E-state index contributed by atoms with van der Waals surface area (Å²) in [5.74, 6) is -0.0843. The normalized spacial score (nSPS) is 17.5. The second-order valence-electron chi connectivity index (χ2n) is 7.76. The molecule has 4 rings (SSSR count). The first-order valence-corrected chi connectivity index (χ1v) is 10.8. The molecule has 1 aliphatic heterocycles. The van der Waals surface area contributed by atoms with Crippen LogP contribution in [0.1, 0.15) is 59.2 Å². The average molecular weight is 402 g/mol. The van der Waals surface area contributed by atoms with E-state index in [0.717, 1.165) is 55.2 Å². The summed E-state index contributed by atoms with van der Waals surface area (Å²) in [6.07, 6.45) is 5.42. The van der Waals surface area contributed by atoms with Crippen molar-refractivity contribution in [1.82, 2.24) is 20.0 Å². The lowest BCUT2D eigenvalue weighted by Crippen LogP contribution is -2.35. The van der Waals surface area contributed by atoms with Crippen LogP contribution >= 0.6 is 11.3 Å². The van der Waals surface area contributed by atoms with Gasteiger partial charge in [-0.1, -0.05) is 12.8 Å². The Morgan fingerprint density at radius 2 is 2.07 bits per heavy atom. The molecule has 0 aromatic carbocycles. The molecule has 28 heavy (non-hydrogen) atoms. The predicted molar refractivity (Wildman–Crippen MR) is 109 cm³/mol. The van der Waals surface area contributed by atoms with Gasteiger partial charge in [0, 0.05) is 62.2 Å². The first kappa shape index (κ1) is 19.1. The van der Waals surface area contributed by atoms with Crippen molar-refractivity contribution in [1.29, 1.82) is 0 Å². The van der Waals surface area contributed by atoms with Crippen LogP contribution in [0.3, 0.4) is 0 Å². The molecule has 0 bridgehead atoms. The topological polar surface area (TPSA) is 79.3 Å². The van der Waals surface area contributed by atoms with Crippen molar-refractivity contribution in [3.63, 3.8) is 0 Å². The lowest BCUT2D eigenvalue weighted by molar-refractivity contribution is -0.114. The van der Waals surface area contributed by atoms with Crippen LogP contribution in [0.2, 0.25) is 0 Å². The van der Waals surface area contributed by atoms with Crippen molar-refractivity contribution in [2.45, 2.75) is 58.2 Å². The summed E-state index contributed by atoms with van der Waals surface area (Å²) in [6, 6.07) is 4.30. The number of thiophene rings is 1. The SMILES string of the molecule is CC(=O)Nc1ccc(CN2CCc3c(c(C(=O)NC4CCCC4)nn3C)C2)s1. The van der Waals surface area contributed by atoms with E-state index < -0.39 is 0 Å². The molecule has 0 saturated heterocycles. The summed E-state index contributed by atoms with van der Waals surface area (Å²) in [5, 5.41) is 11.4. The smallest absolute Gasteiger partial charge is 0.272 e. The summed E-state index contributed by atoms with van der Waals surface area (Å²) in [6.45, 7) is 3.99. The predicted octanol–water partition coefficient (Wildman–Crippen LogP) is 2.67. The number of anilines is 1. The van der Waals surface area contributed by atoms with Crippen LogP contribution in [0.25, 0.3) is 0 Å². The molecular weight excluding hydrogens is 374 g/mol. The van der Waals surface area contributed by atoms with E-state index in [1.807, 2.05) is 17.8 Å². The Labute approximate surface area is 169 Å². The molecule has 1 aliphatic carbocycles. The molecule has 2 aliphatic rings. The number of carbonyl (C=O) groups excluding carboxylic acids is 2. The largest absolute Gasteiger partial charge is 0.348 e. The van der Waals surface area contributed by atoms with Gasteiger partial charge >= 0.3 is 0 Å². The number of carbonyl (C=O) groups is 2. The summed E-state index contributed by atoms with van der Waals surface area (Å²) in [5.41, 5.74) is 2.81. The number of rotatable bonds is 5. The van der Waals surface area contributed by atoms with Gasteiger partial charge in [0.2, 0.25) is 5.91 Å². The number of amides is 2. The summed E-state index contributed by atoms with van der Waals surface area (Å²) < 4.78 is 1.87. The summed E-state index contributed by atoms with van der Waals surface area (Å²) >= 11 is 1.60. The van der Waals surface area contributed by atoms with Crippen LogP contribution < -0.4 is 10.6 Å². The Hall–Kier alpha value is -2.19. The van der Waals surface area contributed by atoms with E-state index in [4.69, 9.17) is 0 Å². The quantitative estimate of drug-likeness (QED) is 0.807. The maximum absolute atomic E-state index is 12.8. The molecule has 0 atom stereocenters. The van der Waals surface area contributed by atoms with Crippen molar-refractivity contribution in [3.05, 3.63) is 34.0 Å². The highest BCUT2D eigenvalue weighted by Crippen LogP contribution is 2.28. The molecular formula is C20H27N5O2S. The molecule has 2 aromatic rings. The lowest BCUT2D eigenvalue weighted by atomic mass is 10.0. The van der Waals surface area contributed by atoms with Gasteiger partial charge < -0.3 is 10.6 Å². The molecule has 7 nitrogen and oxygen atoms in total. The standard InChI is InChI=1S/C20H27N5O2S/c1-13(26)21-18-8-7-15(28-18)11-25-10-9-17-16(12-25)19(23-24(17)2)20(27)22-14-5-3-4-6-14/h7-8,14H,3-6,9-12H2,1-2H3,(H,21,26)(H,22,27). The minimum absolute atomic E-state index is 0.0327. The first-order chi connectivity index (χ1) is 13.5. The molecule has 0 spiro atoms. The van der Waals surface area contributed by atoms with Crippen LogP contribution in [0.5, 0.6) is 0 Å². The van der Waals surface area contributed by atoms with Gasteiger partial charge in [-0.2, -0.15) is 5.10 Å². The fourth-order valence-corrected chi connectivity index (χ4v) is 5.21. The van der Waals surface area contributed by atoms with Crippen molar-refractivity contribution >= 4 is 28.2 Å². The van der Waals surface area contributed by atoms with E-state index in [2.05, 4.69) is 26.7 Å². The van der Waals surface area contributed by atoms with Crippen LogP contribution in [0, 0.1) is 0 Å². The zero-order valence-corrected chi connectivity index (χ0v) is 17.3. The first-order valence-electron chi connectivity index (χ1n) is 9.94. The van der Waals surface area contributed by atoms with Crippen LogP contribution in [-0.2, 0) is 31.4 Å². The van der Waals surface area contributed by atoms with Crippen LogP contribution in [0.4, 0.5) is 5.00 Å². The lowest BCUT2D eigenvalue weighted by Gasteiger charge is -2.27. The number of fused-ring (bicyclic) bond motifs is 1. The molecule has 2 amide bonds. The van der Waals surface area contributed by atoms with Crippen molar-refractivity contribution < 1.29 is 9.59 Å². The Morgan fingerprint density at radius 1 is 1.29 bits per heavy atom. The Bertz CT molecular complexity index is 881. The third-order valence-electron chi connectivity index (χ3n) is 5.57. The second kappa shape index (κ2) is 8.05. The minimum Gasteiger partial charge on any atom is -0.348 e. The molecule has 8 heteroatoms. The second-order valence-corrected chi connectivity index (χ2v) is 8.93. The molecule has 2 N–H and O–H groups in total. The van der Waals surface area contributed by atoms with Gasteiger partial charge in [-0.25, -0.2) is 0 Å². The number of hydrogen-bond acceptors (Lipinski definition) is 5. The number of aromatic nitrogens is 2. The van der Waals surface area contributed by atoms with Gasteiger partial charge in [0.05, 0.1) is 5.00 Å². The average Bonchev–Trinajstić information content (AvgIpc) is 3.36. The monoisotopic (exact) mass is 401 g/mol. The summed E-state index contributed by atoms with van der Waals surface area (Å²) in [7, 11) is 1.93. The third-order valence-corrected chi connectivity index (χ3v) is 6.55. The number of aryl methyl sites for hydroxylation is 1. The van der Waals surface area contributed by atoms with E-state index in [9.17, 15) is 9.59 Å². The van der Waals surface area contributed by atoms with Crippen LogP contribution in [0.15, 0.2) is 12.1 Å². The van der Waals surface area contributed by atoms with Gasteiger partial charge in [0.15, 0.2) is 5.69 Å². The number of nitrogens with one attached hydrogen (secondary N) is 2. The maximum Gasteiger partial charge on any atom is 0.272 e. The maximum atomic E-state index is 12.8. The van der Waals surface area contributed by atoms with Gasteiger partial charge in [0.1, 0.15) is 0 Å². The zero-order chi connectivity index (χ0) is 19.7. The number of nitrogens with zero attached hydrogens (tertiary/aromatic N) is 3.